The predicted molar refractivity (Wildman–Crippen MR) is 106 cm³/mol. The number of rotatable bonds is 3. The van der Waals surface area contributed by atoms with Gasteiger partial charge in [0.15, 0.2) is 6.73 Å². The lowest BCUT2D eigenvalue weighted by Gasteiger charge is -2.31. The molecule has 1 aliphatic heterocycles. The monoisotopic (exact) mass is 385 g/mol. The van der Waals surface area contributed by atoms with Gasteiger partial charge in [0.2, 0.25) is 0 Å². The predicted octanol–water partition coefficient (Wildman–Crippen LogP) is 3.95. The number of hydrogen-bond acceptors (Lipinski definition) is 5. The van der Waals surface area contributed by atoms with Gasteiger partial charge in [-0.25, -0.2) is 4.79 Å². The maximum absolute atomic E-state index is 12.2. The van der Waals surface area contributed by atoms with Crippen molar-refractivity contribution in [3.05, 3.63) is 68.0 Å². The van der Waals surface area contributed by atoms with Crippen molar-refractivity contribution in [1.82, 2.24) is 0 Å². The van der Waals surface area contributed by atoms with Crippen LogP contribution in [-0.2, 0) is 13.0 Å². The molecule has 4 rings (SSSR count). The number of nitrogens with zero attached hydrogens (tertiary/aromatic N) is 1. The molecule has 0 saturated carbocycles. The summed E-state index contributed by atoms with van der Waals surface area (Å²) in [6.07, 6.45) is 0.629. The van der Waals surface area contributed by atoms with E-state index < -0.39 is 0 Å². The van der Waals surface area contributed by atoms with Crippen LogP contribution in [0.1, 0.15) is 22.3 Å². The molecular weight excluding hydrogens is 366 g/mol. The van der Waals surface area contributed by atoms with Gasteiger partial charge in [-0.1, -0.05) is 23.7 Å². The molecule has 2 aromatic carbocycles. The average molecular weight is 386 g/mol. The van der Waals surface area contributed by atoms with Crippen molar-refractivity contribution < 1.29 is 14.3 Å². The Labute approximate surface area is 161 Å². The van der Waals surface area contributed by atoms with E-state index in [2.05, 4.69) is 4.90 Å². The van der Waals surface area contributed by atoms with Crippen LogP contribution in [0.2, 0.25) is 5.02 Å². The first-order chi connectivity index (χ1) is 13.0. The van der Waals surface area contributed by atoms with Crippen molar-refractivity contribution in [3.63, 3.8) is 0 Å². The van der Waals surface area contributed by atoms with Crippen molar-refractivity contribution in [2.75, 3.05) is 18.2 Å². The van der Waals surface area contributed by atoms with Gasteiger partial charge >= 0.3 is 5.63 Å². The zero-order valence-electron chi connectivity index (χ0n) is 15.2. The summed E-state index contributed by atoms with van der Waals surface area (Å²) in [6.45, 7) is 4.66. The molecule has 27 heavy (non-hydrogen) atoms. The molecule has 0 amide bonds. The van der Waals surface area contributed by atoms with E-state index in [1.165, 1.54) is 0 Å². The van der Waals surface area contributed by atoms with Gasteiger partial charge in [-0.3, -0.25) is 0 Å². The molecule has 0 radical (unpaired) electrons. The summed E-state index contributed by atoms with van der Waals surface area (Å²) in [5, 5.41) is 10.4. The molecule has 1 N–H and O–H groups in total. The molecule has 0 bridgehead atoms. The Morgan fingerprint density at radius 1 is 1.19 bits per heavy atom. The molecule has 0 fully saturated rings. The topological polar surface area (TPSA) is 62.9 Å². The van der Waals surface area contributed by atoms with Crippen LogP contribution in [-0.4, -0.2) is 18.4 Å². The number of anilines is 1. The molecule has 1 aliphatic rings. The van der Waals surface area contributed by atoms with E-state index in [1.807, 2.05) is 31.2 Å². The lowest BCUT2D eigenvalue weighted by molar-refractivity contribution is 0.289. The Morgan fingerprint density at radius 2 is 1.93 bits per heavy atom. The summed E-state index contributed by atoms with van der Waals surface area (Å²) in [7, 11) is 0. The molecular formula is C21H20ClNO4. The highest BCUT2D eigenvalue weighted by Gasteiger charge is 2.25. The normalized spacial score (nSPS) is 13.6. The van der Waals surface area contributed by atoms with Crippen LogP contribution in [0.5, 0.6) is 5.75 Å². The van der Waals surface area contributed by atoms with Gasteiger partial charge in [-0.05, 0) is 49.6 Å². The fraction of sp³-hybridized carbons (Fsp3) is 0.286. The van der Waals surface area contributed by atoms with E-state index in [0.717, 1.165) is 27.8 Å². The van der Waals surface area contributed by atoms with Gasteiger partial charge in [0.1, 0.15) is 11.3 Å². The van der Waals surface area contributed by atoms with E-state index in [9.17, 15) is 4.79 Å². The van der Waals surface area contributed by atoms with Crippen molar-refractivity contribution in [2.45, 2.75) is 26.8 Å². The second-order valence-corrected chi connectivity index (χ2v) is 7.20. The largest absolute Gasteiger partial charge is 0.471 e. The second kappa shape index (κ2) is 6.91. The third kappa shape index (κ3) is 3.07. The van der Waals surface area contributed by atoms with Gasteiger partial charge < -0.3 is 19.2 Å². The Balaban J connectivity index is 1.79. The lowest BCUT2D eigenvalue weighted by atomic mass is 10.0. The number of aryl methyl sites for hydroxylation is 1. The first-order valence-corrected chi connectivity index (χ1v) is 9.20. The zero-order chi connectivity index (χ0) is 19.1. The molecule has 0 spiro atoms. The Kier molecular flexibility index (Phi) is 4.58. The fourth-order valence-corrected chi connectivity index (χ4v) is 3.71. The van der Waals surface area contributed by atoms with Crippen LogP contribution < -0.4 is 15.3 Å². The van der Waals surface area contributed by atoms with Crippen LogP contribution in [0.25, 0.3) is 11.0 Å². The molecule has 1 aromatic heterocycles. The van der Waals surface area contributed by atoms with Crippen LogP contribution in [0, 0.1) is 13.8 Å². The highest BCUT2D eigenvalue weighted by atomic mass is 35.5. The molecule has 5 nitrogen and oxygen atoms in total. The molecule has 0 aliphatic carbocycles. The summed E-state index contributed by atoms with van der Waals surface area (Å²) < 4.78 is 11.5. The number of hydrogen-bond donors (Lipinski definition) is 1. The standard InChI is InChI=1S/C21H20ClNO4/c1-12-13(2)21(25)27-19-16(12)9-18(22)20-17(19)10-23(11-26-20)15-5-3-14(4-6-15)7-8-24/h3-6,9,24H,7-8,10-11H2,1-2H3. The minimum absolute atomic E-state index is 0.127. The zero-order valence-corrected chi connectivity index (χ0v) is 16.0. The van der Waals surface area contributed by atoms with Gasteiger partial charge in [0, 0.05) is 23.2 Å². The van der Waals surface area contributed by atoms with Crippen molar-refractivity contribution in [1.29, 1.82) is 0 Å². The van der Waals surface area contributed by atoms with Crippen molar-refractivity contribution in [3.8, 4) is 5.75 Å². The van der Waals surface area contributed by atoms with Crippen molar-refractivity contribution >= 4 is 28.3 Å². The Bertz CT molecular complexity index is 1070. The highest BCUT2D eigenvalue weighted by Crippen LogP contribution is 2.40. The lowest BCUT2D eigenvalue weighted by Crippen LogP contribution is -2.32. The van der Waals surface area contributed by atoms with Gasteiger partial charge in [0.05, 0.1) is 17.1 Å². The number of aliphatic hydroxyl groups excluding tert-OH is 1. The van der Waals surface area contributed by atoms with Crippen LogP contribution in [0.3, 0.4) is 0 Å². The number of aliphatic hydroxyl groups is 1. The maximum atomic E-state index is 12.2. The van der Waals surface area contributed by atoms with E-state index >= 15 is 0 Å². The molecule has 0 atom stereocenters. The van der Waals surface area contributed by atoms with Gasteiger partial charge in [-0.2, -0.15) is 0 Å². The van der Waals surface area contributed by atoms with Crippen molar-refractivity contribution in [2.24, 2.45) is 0 Å². The third-order valence-corrected chi connectivity index (χ3v) is 5.44. The van der Waals surface area contributed by atoms with Gasteiger partial charge in [-0.15, -0.1) is 0 Å². The summed E-state index contributed by atoms with van der Waals surface area (Å²) >= 11 is 6.45. The van der Waals surface area contributed by atoms with Gasteiger partial charge in [0.25, 0.3) is 0 Å². The Hall–Kier alpha value is -2.50. The second-order valence-electron chi connectivity index (χ2n) is 6.79. The number of halogens is 1. The smallest absolute Gasteiger partial charge is 0.339 e. The molecule has 3 aromatic rings. The number of benzene rings is 2. The Morgan fingerprint density at radius 3 is 2.63 bits per heavy atom. The first-order valence-electron chi connectivity index (χ1n) is 8.82. The summed E-state index contributed by atoms with van der Waals surface area (Å²) in [5.74, 6) is 0.573. The quantitative estimate of drug-likeness (QED) is 0.691. The maximum Gasteiger partial charge on any atom is 0.339 e. The fourth-order valence-electron chi connectivity index (χ4n) is 3.43. The number of ether oxygens (including phenoxy) is 1. The SMILES string of the molecule is Cc1c(C)c2cc(Cl)c3c(c2oc1=O)CN(c1ccc(CCO)cc1)CO3. The van der Waals surface area contributed by atoms with E-state index in [-0.39, 0.29) is 12.2 Å². The van der Waals surface area contributed by atoms with Crippen LogP contribution in [0.15, 0.2) is 39.5 Å². The number of fused-ring (bicyclic) bond motifs is 3. The van der Waals surface area contributed by atoms with Crippen LogP contribution >= 0.6 is 11.6 Å². The molecule has 0 saturated heterocycles. The first kappa shape index (κ1) is 17.9. The van der Waals surface area contributed by atoms with E-state index in [1.54, 1.807) is 13.0 Å². The average Bonchev–Trinajstić information content (AvgIpc) is 2.68. The summed E-state index contributed by atoms with van der Waals surface area (Å²) in [6, 6.07) is 9.78. The van der Waals surface area contributed by atoms with Crippen LogP contribution in [0.4, 0.5) is 5.69 Å². The highest BCUT2D eigenvalue weighted by molar-refractivity contribution is 6.33. The minimum Gasteiger partial charge on any atom is -0.471 e. The molecule has 6 heteroatoms. The molecule has 0 unspecified atom stereocenters. The minimum atomic E-state index is -0.338. The summed E-state index contributed by atoms with van der Waals surface area (Å²) in [4.78, 5) is 14.3. The summed E-state index contributed by atoms with van der Waals surface area (Å²) in [5.41, 5.74) is 4.50. The third-order valence-electron chi connectivity index (χ3n) is 5.16. The van der Waals surface area contributed by atoms with E-state index in [0.29, 0.717) is 41.6 Å². The molecule has 2 heterocycles. The molecule has 140 valence electrons. The van der Waals surface area contributed by atoms with E-state index in [4.69, 9.17) is 25.9 Å².